The molecule has 7 heteroatoms. The standard InChI is InChI=1S/C18H24N4O.2ClH/c1-11-9-22-10-15(5-6-16(22)20-11)21-18(23)14-7-12-3-2-4-13(8-14)17(12)19;;/h5-6,9-10,12-14,17H,2-4,7-8,19H2,1H3,(H,21,23);2*1H. The van der Waals surface area contributed by atoms with Crippen LogP contribution < -0.4 is 11.1 Å². The largest absolute Gasteiger partial charge is 0.327 e. The van der Waals surface area contributed by atoms with Crippen molar-refractivity contribution in [1.29, 1.82) is 0 Å². The number of halogens is 2. The van der Waals surface area contributed by atoms with Crippen LogP contribution in [-0.4, -0.2) is 21.3 Å². The summed E-state index contributed by atoms with van der Waals surface area (Å²) in [5, 5.41) is 3.09. The van der Waals surface area contributed by atoms with E-state index in [-0.39, 0.29) is 36.6 Å². The number of anilines is 1. The minimum atomic E-state index is 0. The smallest absolute Gasteiger partial charge is 0.227 e. The SMILES string of the molecule is Cc1cn2cc(NC(=O)C3CC4CCCC(C3)C4N)ccc2n1.Cl.Cl. The zero-order valence-electron chi connectivity index (χ0n) is 14.4. The molecule has 2 aliphatic carbocycles. The fraction of sp³-hybridized carbons (Fsp3) is 0.556. The van der Waals surface area contributed by atoms with E-state index < -0.39 is 0 Å². The lowest BCUT2D eigenvalue weighted by atomic mass is 9.65. The van der Waals surface area contributed by atoms with Gasteiger partial charge >= 0.3 is 0 Å². The highest BCUT2D eigenvalue weighted by Gasteiger charge is 2.40. The fourth-order valence-corrected chi connectivity index (χ4v) is 4.44. The van der Waals surface area contributed by atoms with Gasteiger partial charge in [-0.1, -0.05) is 6.42 Å². The molecule has 3 N–H and O–H groups in total. The van der Waals surface area contributed by atoms with Crippen LogP contribution in [0.4, 0.5) is 5.69 Å². The van der Waals surface area contributed by atoms with E-state index in [9.17, 15) is 4.79 Å². The number of hydrogen-bond acceptors (Lipinski definition) is 3. The summed E-state index contributed by atoms with van der Waals surface area (Å²) in [7, 11) is 0. The third-order valence-electron chi connectivity index (χ3n) is 5.62. The summed E-state index contributed by atoms with van der Waals surface area (Å²) >= 11 is 0. The number of fused-ring (bicyclic) bond motifs is 3. The van der Waals surface area contributed by atoms with Gasteiger partial charge in [0.15, 0.2) is 0 Å². The van der Waals surface area contributed by atoms with Gasteiger partial charge in [0, 0.05) is 24.4 Å². The van der Waals surface area contributed by atoms with Gasteiger partial charge in [-0.05, 0) is 56.6 Å². The van der Waals surface area contributed by atoms with E-state index in [0.717, 1.165) is 29.9 Å². The Bertz CT molecular complexity index is 734. The first kappa shape index (κ1) is 20.0. The van der Waals surface area contributed by atoms with E-state index in [1.807, 2.05) is 35.9 Å². The number of rotatable bonds is 2. The van der Waals surface area contributed by atoms with Crippen molar-refractivity contribution in [3.8, 4) is 0 Å². The number of nitrogens with two attached hydrogens (primary N) is 1. The van der Waals surface area contributed by atoms with Crippen LogP contribution >= 0.6 is 24.8 Å². The first-order valence-corrected chi connectivity index (χ1v) is 8.62. The van der Waals surface area contributed by atoms with Crippen LogP contribution in [0.15, 0.2) is 24.5 Å². The molecule has 2 fully saturated rings. The number of aromatic nitrogens is 2. The first-order valence-electron chi connectivity index (χ1n) is 8.62. The summed E-state index contributed by atoms with van der Waals surface area (Å²) in [6.45, 7) is 1.97. The summed E-state index contributed by atoms with van der Waals surface area (Å²) in [6, 6.07) is 4.17. The predicted molar refractivity (Wildman–Crippen MR) is 105 cm³/mol. The molecule has 0 aromatic carbocycles. The molecule has 5 nitrogen and oxygen atoms in total. The first-order chi connectivity index (χ1) is 11.1. The van der Waals surface area contributed by atoms with E-state index in [2.05, 4.69) is 10.3 Å². The van der Waals surface area contributed by atoms with E-state index in [1.165, 1.54) is 19.3 Å². The molecule has 2 bridgehead atoms. The van der Waals surface area contributed by atoms with Crippen molar-refractivity contribution in [2.75, 3.05) is 5.32 Å². The van der Waals surface area contributed by atoms with Gasteiger partial charge in [-0.25, -0.2) is 4.98 Å². The summed E-state index contributed by atoms with van der Waals surface area (Å²) in [5.41, 5.74) is 9.03. The predicted octanol–water partition coefficient (Wildman–Crippen LogP) is 3.58. The topological polar surface area (TPSA) is 72.4 Å². The molecular weight excluding hydrogens is 359 g/mol. The number of carbonyl (C=O) groups excluding carboxylic acids is 1. The molecule has 2 unspecified atom stereocenters. The molecule has 2 aromatic heterocycles. The highest BCUT2D eigenvalue weighted by atomic mass is 35.5. The van der Waals surface area contributed by atoms with Crippen LogP contribution in [-0.2, 0) is 4.79 Å². The Labute approximate surface area is 160 Å². The molecule has 4 rings (SSSR count). The van der Waals surface area contributed by atoms with Crippen LogP contribution in [0.25, 0.3) is 5.65 Å². The number of nitrogens with zero attached hydrogens (tertiary/aromatic N) is 2. The van der Waals surface area contributed by atoms with Crippen molar-refractivity contribution < 1.29 is 4.79 Å². The van der Waals surface area contributed by atoms with Gasteiger partial charge in [-0.3, -0.25) is 4.79 Å². The van der Waals surface area contributed by atoms with Crippen molar-refractivity contribution in [3.63, 3.8) is 0 Å². The molecule has 0 aliphatic heterocycles. The monoisotopic (exact) mass is 384 g/mol. The Morgan fingerprint density at radius 1 is 1.20 bits per heavy atom. The maximum atomic E-state index is 12.7. The van der Waals surface area contributed by atoms with E-state index in [4.69, 9.17) is 5.73 Å². The van der Waals surface area contributed by atoms with Crippen molar-refractivity contribution in [2.24, 2.45) is 23.5 Å². The Balaban J connectivity index is 0.00000113. The highest BCUT2D eigenvalue weighted by molar-refractivity contribution is 5.92. The van der Waals surface area contributed by atoms with Gasteiger partial charge < -0.3 is 15.5 Å². The van der Waals surface area contributed by atoms with Gasteiger partial charge in [0.2, 0.25) is 5.91 Å². The molecule has 0 saturated heterocycles. The van der Waals surface area contributed by atoms with Crippen molar-refractivity contribution >= 4 is 42.1 Å². The second kappa shape index (κ2) is 7.94. The van der Waals surface area contributed by atoms with E-state index in [0.29, 0.717) is 17.9 Å². The molecule has 2 atom stereocenters. The normalized spacial score (nSPS) is 27.9. The summed E-state index contributed by atoms with van der Waals surface area (Å²) < 4.78 is 1.95. The molecule has 2 saturated carbocycles. The van der Waals surface area contributed by atoms with E-state index in [1.54, 1.807) is 0 Å². The molecule has 0 radical (unpaired) electrons. The molecular formula is C18H26Cl2N4O. The Morgan fingerprint density at radius 2 is 1.88 bits per heavy atom. The molecule has 1 amide bonds. The fourth-order valence-electron chi connectivity index (χ4n) is 4.44. The van der Waals surface area contributed by atoms with Crippen LogP contribution in [0.3, 0.4) is 0 Å². The Hall–Kier alpha value is -1.30. The molecule has 2 heterocycles. The molecule has 2 aromatic rings. The van der Waals surface area contributed by atoms with Crippen LogP contribution in [0.5, 0.6) is 0 Å². The second-order valence-electron chi connectivity index (χ2n) is 7.25. The average Bonchev–Trinajstić information content (AvgIpc) is 2.86. The molecule has 0 spiro atoms. The number of carbonyl (C=O) groups is 1. The minimum absolute atomic E-state index is 0. The Morgan fingerprint density at radius 3 is 2.56 bits per heavy atom. The lowest BCUT2D eigenvalue weighted by molar-refractivity contribution is -0.122. The number of aryl methyl sites for hydroxylation is 1. The molecule has 25 heavy (non-hydrogen) atoms. The number of hydrogen-bond donors (Lipinski definition) is 2. The maximum absolute atomic E-state index is 12.7. The van der Waals surface area contributed by atoms with Crippen molar-refractivity contribution in [1.82, 2.24) is 9.38 Å². The van der Waals surface area contributed by atoms with Crippen LogP contribution in [0.1, 0.15) is 37.8 Å². The molecule has 138 valence electrons. The third-order valence-corrected chi connectivity index (χ3v) is 5.62. The highest BCUT2D eigenvalue weighted by Crippen LogP contribution is 2.42. The number of pyridine rings is 1. The number of nitrogens with one attached hydrogen (secondary N) is 1. The average molecular weight is 385 g/mol. The zero-order valence-corrected chi connectivity index (χ0v) is 16.0. The minimum Gasteiger partial charge on any atom is -0.327 e. The summed E-state index contributed by atoms with van der Waals surface area (Å²) in [4.78, 5) is 17.1. The maximum Gasteiger partial charge on any atom is 0.227 e. The lowest BCUT2D eigenvalue weighted by Crippen LogP contribution is -2.48. The second-order valence-corrected chi connectivity index (χ2v) is 7.25. The summed E-state index contributed by atoms with van der Waals surface area (Å²) in [5.74, 6) is 1.30. The van der Waals surface area contributed by atoms with Crippen LogP contribution in [0, 0.1) is 24.7 Å². The Kier molecular flexibility index (Phi) is 6.35. The van der Waals surface area contributed by atoms with Crippen LogP contribution in [0.2, 0.25) is 0 Å². The van der Waals surface area contributed by atoms with Crippen molar-refractivity contribution in [2.45, 2.75) is 45.1 Å². The van der Waals surface area contributed by atoms with E-state index >= 15 is 0 Å². The van der Waals surface area contributed by atoms with Crippen molar-refractivity contribution in [3.05, 3.63) is 30.2 Å². The molecule has 2 aliphatic rings. The number of amides is 1. The van der Waals surface area contributed by atoms with Gasteiger partial charge in [0.25, 0.3) is 0 Å². The van der Waals surface area contributed by atoms with Gasteiger partial charge in [0.1, 0.15) is 5.65 Å². The zero-order chi connectivity index (χ0) is 16.0. The van der Waals surface area contributed by atoms with Gasteiger partial charge in [-0.2, -0.15) is 0 Å². The third kappa shape index (κ3) is 3.94. The van der Waals surface area contributed by atoms with Gasteiger partial charge in [0.05, 0.1) is 11.4 Å². The lowest BCUT2D eigenvalue weighted by Gasteiger charge is -2.43. The van der Waals surface area contributed by atoms with Gasteiger partial charge in [-0.15, -0.1) is 24.8 Å². The number of imidazole rings is 1. The summed E-state index contributed by atoms with van der Waals surface area (Å²) in [6.07, 6.45) is 9.42. The quantitative estimate of drug-likeness (QED) is 0.830.